The Kier molecular flexibility index (Phi) is 18.2. The fraction of sp³-hybridized carbons (Fsp3) is 0.400. The summed E-state index contributed by atoms with van der Waals surface area (Å²) in [5.41, 5.74) is 0.906. The average Bonchev–Trinajstić information content (AvgIpc) is 3.33. The molecule has 68 heavy (non-hydrogen) atoms. The van der Waals surface area contributed by atoms with Crippen molar-refractivity contribution in [3.05, 3.63) is 71.3 Å². The van der Waals surface area contributed by atoms with Gasteiger partial charge in [0.2, 0.25) is 23.5 Å². The zero-order chi connectivity index (χ0) is 49.8. The Balaban J connectivity index is 1.38. The van der Waals surface area contributed by atoms with Crippen LogP contribution in [0.1, 0.15) is 16.7 Å². The standard InChI is InChI=1S/C45H52O23/c1-57-24-13-21(14-25(58-2)35(24)50)7-10-32(47)66-42-40(55)38(53)30(19-46)64-44(42)63-20-31-39(54)41(56)43(67-33(48)11-8-22-15-26(59-3)36(51)27(16-22)60-4)45(65-31)68-34(49)12-9-23-17-28(61-5)37(52)29(18-23)62-6/h7-18,30-31,38-46,50-56H,19-20H2,1-6H3/b10-7+,11-8+,12-9+/t30-,31-,38-,39-,40+,41+,42-,43-,44-,45-/m1/s1. The van der Waals surface area contributed by atoms with Crippen LogP contribution in [0.15, 0.2) is 54.6 Å². The van der Waals surface area contributed by atoms with Crippen LogP contribution in [0.5, 0.6) is 51.7 Å². The summed E-state index contributed by atoms with van der Waals surface area (Å²) in [6.07, 6.45) is -11.8. The van der Waals surface area contributed by atoms with Gasteiger partial charge in [0, 0.05) is 18.2 Å². The predicted octanol–water partition coefficient (Wildman–Crippen LogP) is 0.564. The van der Waals surface area contributed by atoms with Gasteiger partial charge in [-0.15, -0.1) is 0 Å². The smallest absolute Gasteiger partial charge is 0.333 e. The zero-order valence-corrected chi connectivity index (χ0v) is 37.3. The number of phenols is 3. The SMILES string of the molecule is COc1cc(/C=C/C(=O)O[C@H]2O[C@H](CO[C@@H]3O[C@H](CO)[C@@H](O)[C@H](O)[C@H]3OC(=O)/C=C/c3cc(OC)c(O)c(OC)c3)[C@@H](O)[C@H](O)[C@H]2OC(=O)/C=C/c2cc(OC)c(O)c(OC)c2)cc(OC)c1O. The molecule has 0 unspecified atom stereocenters. The van der Waals surface area contributed by atoms with Crippen molar-refractivity contribution < 1.29 is 112 Å². The van der Waals surface area contributed by atoms with Crippen molar-refractivity contribution in [1.29, 1.82) is 0 Å². The van der Waals surface area contributed by atoms with Crippen molar-refractivity contribution in [2.45, 2.75) is 61.4 Å². The summed E-state index contributed by atoms with van der Waals surface area (Å²) in [4.78, 5) is 39.6. The molecule has 0 aliphatic carbocycles. The monoisotopic (exact) mass is 960 g/mol. The molecule has 8 N–H and O–H groups in total. The van der Waals surface area contributed by atoms with Crippen molar-refractivity contribution >= 4 is 36.1 Å². The normalized spacial score (nSPS) is 24.9. The lowest BCUT2D eigenvalue weighted by molar-refractivity contribution is -0.328. The number of aliphatic hydroxyl groups excluding tert-OH is 5. The minimum atomic E-state index is -2.06. The molecular weight excluding hydrogens is 908 g/mol. The summed E-state index contributed by atoms with van der Waals surface area (Å²) in [5.74, 6) is -4.17. The Morgan fingerprint density at radius 1 is 0.485 bits per heavy atom. The van der Waals surface area contributed by atoms with Crippen LogP contribution in [-0.2, 0) is 42.8 Å². The third kappa shape index (κ3) is 12.4. The molecule has 0 spiro atoms. The third-order valence-electron chi connectivity index (χ3n) is 10.4. The van der Waals surface area contributed by atoms with Gasteiger partial charge in [-0.2, -0.15) is 0 Å². The van der Waals surface area contributed by atoms with Crippen molar-refractivity contribution in [3.63, 3.8) is 0 Å². The Bertz CT molecular complexity index is 2250. The van der Waals surface area contributed by atoms with Crippen LogP contribution in [0.25, 0.3) is 18.2 Å². The average molecular weight is 961 g/mol. The summed E-state index contributed by atoms with van der Waals surface area (Å²) in [7, 11) is 7.79. The second-order valence-corrected chi connectivity index (χ2v) is 14.6. The summed E-state index contributed by atoms with van der Waals surface area (Å²) in [6, 6.07) is 8.26. The molecule has 0 saturated carbocycles. The number of benzene rings is 3. The Morgan fingerprint density at radius 2 is 0.794 bits per heavy atom. The van der Waals surface area contributed by atoms with E-state index in [1.807, 2.05) is 0 Å². The molecule has 0 amide bonds. The first-order valence-corrected chi connectivity index (χ1v) is 20.3. The molecule has 2 saturated heterocycles. The minimum absolute atomic E-state index is 0.0103. The summed E-state index contributed by atoms with van der Waals surface area (Å²) < 4.78 is 64.4. The van der Waals surface area contributed by atoms with Crippen LogP contribution in [0.3, 0.4) is 0 Å². The molecule has 3 aromatic rings. The first-order valence-electron chi connectivity index (χ1n) is 20.3. The van der Waals surface area contributed by atoms with E-state index in [-0.39, 0.29) is 51.7 Å². The quantitative estimate of drug-likeness (QED) is 0.0462. The topological polar surface area (TPSA) is 324 Å². The van der Waals surface area contributed by atoms with Crippen LogP contribution < -0.4 is 28.4 Å². The van der Waals surface area contributed by atoms with Gasteiger partial charge >= 0.3 is 17.9 Å². The number of carbonyl (C=O) groups excluding carboxylic acids is 3. The number of hydrogen-bond acceptors (Lipinski definition) is 23. The number of methoxy groups -OCH3 is 6. The van der Waals surface area contributed by atoms with E-state index in [0.717, 1.165) is 18.2 Å². The lowest BCUT2D eigenvalue weighted by Gasteiger charge is -2.43. The van der Waals surface area contributed by atoms with Gasteiger partial charge in [-0.05, 0) is 71.3 Å². The molecule has 0 bridgehead atoms. The van der Waals surface area contributed by atoms with Crippen LogP contribution >= 0.6 is 0 Å². The van der Waals surface area contributed by atoms with Crippen LogP contribution in [0, 0.1) is 0 Å². The van der Waals surface area contributed by atoms with Gasteiger partial charge in [-0.3, -0.25) is 0 Å². The predicted molar refractivity (Wildman–Crippen MR) is 231 cm³/mol. The van der Waals surface area contributed by atoms with Crippen LogP contribution in [0.4, 0.5) is 0 Å². The van der Waals surface area contributed by atoms with Gasteiger partial charge < -0.3 is 97.7 Å². The van der Waals surface area contributed by atoms with E-state index in [4.69, 9.17) is 56.8 Å². The van der Waals surface area contributed by atoms with E-state index in [2.05, 4.69) is 0 Å². The van der Waals surface area contributed by atoms with E-state index >= 15 is 0 Å². The molecule has 2 aliphatic rings. The minimum Gasteiger partial charge on any atom is -0.502 e. The molecule has 5 rings (SSSR count). The summed E-state index contributed by atoms with van der Waals surface area (Å²) >= 11 is 0. The fourth-order valence-corrected chi connectivity index (χ4v) is 6.79. The first kappa shape index (κ1) is 52.1. The highest BCUT2D eigenvalue weighted by molar-refractivity contribution is 5.89. The number of rotatable bonds is 19. The maximum absolute atomic E-state index is 13.3. The Hall–Kier alpha value is -6.83. The molecular formula is C45H52O23. The van der Waals surface area contributed by atoms with Crippen LogP contribution in [-0.4, -0.2) is 176 Å². The molecule has 2 fully saturated rings. The van der Waals surface area contributed by atoms with Gasteiger partial charge in [-0.1, -0.05) is 0 Å². The lowest BCUT2D eigenvalue weighted by atomic mass is 9.98. The lowest BCUT2D eigenvalue weighted by Crippen LogP contribution is -2.63. The molecule has 10 atom stereocenters. The maximum atomic E-state index is 13.3. The number of ether oxygens (including phenoxy) is 12. The largest absolute Gasteiger partial charge is 0.502 e. The Labute approximate surface area is 388 Å². The zero-order valence-electron chi connectivity index (χ0n) is 37.3. The Morgan fingerprint density at radius 3 is 1.13 bits per heavy atom. The van der Waals surface area contributed by atoms with E-state index in [0.29, 0.717) is 16.7 Å². The molecule has 370 valence electrons. The van der Waals surface area contributed by atoms with E-state index in [1.165, 1.54) is 97.3 Å². The summed E-state index contributed by atoms with van der Waals surface area (Å²) in [5, 5.41) is 85.0. The fourth-order valence-electron chi connectivity index (χ4n) is 6.79. The maximum Gasteiger partial charge on any atom is 0.333 e. The molecule has 0 aromatic heterocycles. The molecule has 0 radical (unpaired) electrons. The number of phenolic OH excluding ortho intramolecular Hbond substituents is 3. The van der Waals surface area contributed by atoms with Crippen molar-refractivity contribution in [3.8, 4) is 51.7 Å². The second kappa shape index (κ2) is 23.8. The van der Waals surface area contributed by atoms with Gasteiger partial charge in [0.15, 0.2) is 53.0 Å². The number of esters is 3. The third-order valence-corrected chi connectivity index (χ3v) is 10.4. The molecule has 23 heteroatoms. The summed E-state index contributed by atoms with van der Waals surface area (Å²) in [6.45, 7) is -1.63. The van der Waals surface area contributed by atoms with Crippen molar-refractivity contribution in [1.82, 2.24) is 0 Å². The number of aromatic hydroxyl groups is 3. The number of hydrogen-bond donors (Lipinski definition) is 8. The molecule has 23 nitrogen and oxygen atoms in total. The van der Waals surface area contributed by atoms with Crippen molar-refractivity contribution in [2.75, 3.05) is 55.9 Å². The molecule has 3 aromatic carbocycles. The van der Waals surface area contributed by atoms with Crippen molar-refractivity contribution in [2.24, 2.45) is 0 Å². The van der Waals surface area contributed by atoms with E-state index in [9.17, 15) is 55.2 Å². The highest BCUT2D eigenvalue weighted by atomic mass is 16.8. The van der Waals surface area contributed by atoms with Crippen LogP contribution in [0.2, 0.25) is 0 Å². The second-order valence-electron chi connectivity index (χ2n) is 14.6. The van der Waals surface area contributed by atoms with Gasteiger partial charge in [0.1, 0.15) is 36.6 Å². The van der Waals surface area contributed by atoms with E-state index < -0.39 is 92.5 Å². The highest BCUT2D eigenvalue weighted by Crippen LogP contribution is 2.40. The molecule has 2 aliphatic heterocycles. The first-order chi connectivity index (χ1) is 32.5. The number of aliphatic hydroxyl groups is 5. The highest BCUT2D eigenvalue weighted by Gasteiger charge is 2.51. The van der Waals surface area contributed by atoms with Gasteiger partial charge in [-0.25, -0.2) is 14.4 Å². The van der Waals surface area contributed by atoms with E-state index in [1.54, 1.807) is 0 Å². The van der Waals surface area contributed by atoms with Gasteiger partial charge in [0.05, 0.1) is 55.9 Å². The molecule has 2 heterocycles. The number of carbonyl (C=O) groups is 3. The van der Waals surface area contributed by atoms with Gasteiger partial charge in [0.25, 0.3) is 0 Å².